The van der Waals surface area contributed by atoms with E-state index in [0.717, 1.165) is 0 Å². The molecule has 2 rings (SSSR count). The number of benzene rings is 1. The number of hydrogen-bond donors (Lipinski definition) is 2. The van der Waals surface area contributed by atoms with Crippen LogP contribution in [0.2, 0.25) is 0 Å². The third kappa shape index (κ3) is 5.14. The number of aryl methyl sites for hydroxylation is 2. The van der Waals surface area contributed by atoms with Crippen LogP contribution in [-0.4, -0.2) is 38.5 Å². The molecule has 1 aromatic carbocycles. The second-order valence-electron chi connectivity index (χ2n) is 5.95. The largest absolute Gasteiger partial charge is 0.360 e. The molecule has 0 aliphatic carbocycles. The highest BCUT2D eigenvalue weighted by atomic mass is 32.2. The van der Waals surface area contributed by atoms with Gasteiger partial charge in [-0.3, -0.25) is 9.59 Å². The van der Waals surface area contributed by atoms with E-state index in [1.54, 1.807) is 31.2 Å². The molecular formula is C17H22N4O5S. The normalized spacial score (nSPS) is 11.3. The Hall–Kier alpha value is -2.72. The standard InChI is InChI=1S/C17H22N4O5S/c1-11-17(12(2)26-20-11)27(24,25)18-9-10-21(14(4)23)16-7-5-15(6-8-16)19-13(3)22/h5-8,18H,9-10H2,1-4H3,(H,19,22). The van der Waals surface area contributed by atoms with Gasteiger partial charge >= 0.3 is 0 Å². The summed E-state index contributed by atoms with van der Waals surface area (Å²) >= 11 is 0. The molecule has 146 valence electrons. The number of anilines is 2. The third-order valence-electron chi connectivity index (χ3n) is 3.74. The molecule has 0 aliphatic rings. The molecule has 0 atom stereocenters. The molecule has 2 aromatic rings. The van der Waals surface area contributed by atoms with Gasteiger partial charge in [0.05, 0.1) is 0 Å². The van der Waals surface area contributed by atoms with Crippen LogP contribution in [0.1, 0.15) is 25.3 Å². The Labute approximate surface area is 157 Å². The predicted octanol–water partition coefficient (Wildman–Crippen LogP) is 1.58. The van der Waals surface area contributed by atoms with Crippen LogP contribution in [0.15, 0.2) is 33.7 Å². The van der Waals surface area contributed by atoms with Crippen LogP contribution in [0.5, 0.6) is 0 Å². The summed E-state index contributed by atoms with van der Waals surface area (Å²) in [6.45, 7) is 6.01. The fraction of sp³-hybridized carbons (Fsp3) is 0.353. The summed E-state index contributed by atoms with van der Waals surface area (Å²) in [7, 11) is -3.79. The van der Waals surface area contributed by atoms with E-state index < -0.39 is 10.0 Å². The Morgan fingerprint density at radius 3 is 2.26 bits per heavy atom. The summed E-state index contributed by atoms with van der Waals surface area (Å²) in [6, 6.07) is 6.69. The van der Waals surface area contributed by atoms with Crippen LogP contribution < -0.4 is 14.9 Å². The number of amides is 2. The minimum atomic E-state index is -3.79. The smallest absolute Gasteiger partial charge is 0.246 e. The Morgan fingerprint density at radius 2 is 1.78 bits per heavy atom. The molecule has 0 saturated heterocycles. The molecule has 1 heterocycles. The second kappa shape index (κ2) is 8.31. The van der Waals surface area contributed by atoms with Crippen LogP contribution in [0, 0.1) is 13.8 Å². The van der Waals surface area contributed by atoms with Gasteiger partial charge in [0, 0.05) is 38.3 Å². The van der Waals surface area contributed by atoms with Gasteiger partial charge in [0.1, 0.15) is 10.6 Å². The van der Waals surface area contributed by atoms with Crippen molar-refractivity contribution >= 4 is 33.2 Å². The van der Waals surface area contributed by atoms with E-state index in [1.165, 1.54) is 25.7 Å². The first kappa shape index (κ1) is 20.6. The molecule has 10 heteroatoms. The monoisotopic (exact) mass is 394 g/mol. The minimum Gasteiger partial charge on any atom is -0.360 e. The van der Waals surface area contributed by atoms with Crippen LogP contribution in [0.25, 0.3) is 0 Å². The lowest BCUT2D eigenvalue weighted by atomic mass is 10.2. The zero-order chi connectivity index (χ0) is 20.2. The average molecular weight is 394 g/mol. The molecule has 27 heavy (non-hydrogen) atoms. The van der Waals surface area contributed by atoms with Crippen molar-refractivity contribution in [1.29, 1.82) is 0 Å². The molecule has 0 unspecified atom stereocenters. The fourth-order valence-electron chi connectivity index (χ4n) is 2.62. The Morgan fingerprint density at radius 1 is 1.15 bits per heavy atom. The van der Waals surface area contributed by atoms with Crippen molar-refractivity contribution in [3.63, 3.8) is 0 Å². The zero-order valence-electron chi connectivity index (χ0n) is 15.6. The van der Waals surface area contributed by atoms with E-state index in [1.807, 2.05) is 0 Å². The second-order valence-corrected chi connectivity index (χ2v) is 7.65. The molecule has 0 aliphatic heterocycles. The minimum absolute atomic E-state index is 0.0107. The highest BCUT2D eigenvalue weighted by Gasteiger charge is 2.24. The number of hydrogen-bond acceptors (Lipinski definition) is 6. The number of rotatable bonds is 7. The van der Waals surface area contributed by atoms with E-state index >= 15 is 0 Å². The van der Waals surface area contributed by atoms with Gasteiger partial charge in [-0.25, -0.2) is 13.1 Å². The first-order valence-electron chi connectivity index (χ1n) is 8.20. The predicted molar refractivity (Wildman–Crippen MR) is 99.9 cm³/mol. The van der Waals surface area contributed by atoms with Gasteiger partial charge in [-0.15, -0.1) is 0 Å². The van der Waals surface area contributed by atoms with Gasteiger partial charge in [0.25, 0.3) is 0 Å². The fourth-order valence-corrected chi connectivity index (χ4v) is 3.96. The number of aromatic nitrogens is 1. The topological polar surface area (TPSA) is 122 Å². The van der Waals surface area contributed by atoms with Crippen LogP contribution in [-0.2, 0) is 19.6 Å². The molecule has 2 amide bonds. The van der Waals surface area contributed by atoms with Gasteiger partial charge in [-0.1, -0.05) is 5.16 Å². The molecule has 0 saturated carbocycles. The van der Waals surface area contributed by atoms with Crippen LogP contribution in [0.3, 0.4) is 0 Å². The summed E-state index contributed by atoms with van der Waals surface area (Å²) < 4.78 is 32.2. The third-order valence-corrected chi connectivity index (χ3v) is 5.45. The van der Waals surface area contributed by atoms with Crippen molar-refractivity contribution < 1.29 is 22.5 Å². The quantitative estimate of drug-likeness (QED) is 0.735. The maximum absolute atomic E-state index is 12.4. The average Bonchev–Trinajstić information content (AvgIpc) is 2.91. The summed E-state index contributed by atoms with van der Waals surface area (Å²) in [5.74, 6) is -0.226. The molecular weight excluding hydrogens is 372 g/mol. The molecule has 9 nitrogen and oxygen atoms in total. The first-order valence-corrected chi connectivity index (χ1v) is 9.68. The number of carbonyl (C=O) groups excluding carboxylic acids is 2. The van der Waals surface area contributed by atoms with Gasteiger partial charge in [0.15, 0.2) is 5.76 Å². The maximum atomic E-state index is 12.4. The highest BCUT2D eigenvalue weighted by Crippen LogP contribution is 2.20. The lowest BCUT2D eigenvalue weighted by molar-refractivity contribution is -0.116. The lowest BCUT2D eigenvalue weighted by Crippen LogP contribution is -2.37. The first-order chi connectivity index (χ1) is 12.6. The number of sulfonamides is 1. The summed E-state index contributed by atoms with van der Waals surface area (Å²) in [6.07, 6.45) is 0. The Balaban J connectivity index is 2.07. The summed E-state index contributed by atoms with van der Waals surface area (Å²) in [5, 5.41) is 6.28. The highest BCUT2D eigenvalue weighted by molar-refractivity contribution is 7.89. The van der Waals surface area contributed by atoms with E-state index in [-0.39, 0.29) is 41.3 Å². The van der Waals surface area contributed by atoms with Crippen molar-refractivity contribution in [2.24, 2.45) is 0 Å². The SMILES string of the molecule is CC(=O)Nc1ccc(N(CCNS(=O)(=O)c2c(C)noc2C)C(C)=O)cc1. The van der Waals surface area contributed by atoms with Crippen molar-refractivity contribution in [2.45, 2.75) is 32.6 Å². The number of nitrogens with zero attached hydrogens (tertiary/aromatic N) is 2. The number of nitrogens with one attached hydrogen (secondary N) is 2. The lowest BCUT2D eigenvalue weighted by Gasteiger charge is -2.21. The molecule has 0 spiro atoms. The number of carbonyl (C=O) groups is 2. The van der Waals surface area contributed by atoms with E-state index in [4.69, 9.17) is 4.52 Å². The van der Waals surface area contributed by atoms with E-state index in [0.29, 0.717) is 11.4 Å². The van der Waals surface area contributed by atoms with E-state index in [2.05, 4.69) is 15.2 Å². The van der Waals surface area contributed by atoms with Crippen LogP contribution in [0.4, 0.5) is 11.4 Å². The van der Waals surface area contributed by atoms with E-state index in [9.17, 15) is 18.0 Å². The van der Waals surface area contributed by atoms with Crippen molar-refractivity contribution in [3.05, 3.63) is 35.7 Å². The molecule has 0 bridgehead atoms. The summed E-state index contributed by atoms with van der Waals surface area (Å²) in [5.41, 5.74) is 1.47. The molecule has 2 N–H and O–H groups in total. The Kier molecular flexibility index (Phi) is 6.34. The maximum Gasteiger partial charge on any atom is 0.246 e. The van der Waals surface area contributed by atoms with Crippen molar-refractivity contribution in [1.82, 2.24) is 9.88 Å². The van der Waals surface area contributed by atoms with Crippen LogP contribution >= 0.6 is 0 Å². The Bertz CT molecular complexity index is 915. The van der Waals surface area contributed by atoms with Gasteiger partial charge < -0.3 is 14.7 Å². The molecule has 0 fully saturated rings. The molecule has 1 aromatic heterocycles. The van der Waals surface area contributed by atoms with Crippen molar-refractivity contribution in [2.75, 3.05) is 23.3 Å². The zero-order valence-corrected chi connectivity index (χ0v) is 16.4. The summed E-state index contributed by atoms with van der Waals surface area (Å²) in [4.78, 5) is 24.5. The van der Waals surface area contributed by atoms with Gasteiger partial charge in [-0.05, 0) is 38.1 Å². The molecule has 0 radical (unpaired) electrons. The van der Waals surface area contributed by atoms with Gasteiger partial charge in [0.2, 0.25) is 21.8 Å². The van der Waals surface area contributed by atoms with Gasteiger partial charge in [-0.2, -0.15) is 0 Å². The van der Waals surface area contributed by atoms with Crippen molar-refractivity contribution in [3.8, 4) is 0 Å².